The zero-order valence-corrected chi connectivity index (χ0v) is 11.4. The first-order valence-electron chi connectivity index (χ1n) is 4.24. The molecule has 0 unspecified atom stereocenters. The number of hydrogen-bond donors (Lipinski definition) is 0. The van der Waals surface area contributed by atoms with E-state index in [1.165, 1.54) is 23.5 Å². The summed E-state index contributed by atoms with van der Waals surface area (Å²) in [6.45, 7) is 0. The van der Waals surface area contributed by atoms with Crippen LogP contribution in [0.3, 0.4) is 0 Å². The molecule has 0 N–H and O–H groups in total. The summed E-state index contributed by atoms with van der Waals surface area (Å²) in [5, 5.41) is 1.85. The Labute approximate surface area is 117 Å². The van der Waals surface area contributed by atoms with Crippen molar-refractivity contribution in [2.24, 2.45) is 0 Å². The van der Waals surface area contributed by atoms with Crippen molar-refractivity contribution in [1.82, 2.24) is 10.1 Å². The molecule has 2 heterocycles. The number of amides is 2. The fourth-order valence-electron chi connectivity index (χ4n) is 0.994. The molecule has 0 aromatic heterocycles. The quantitative estimate of drug-likeness (QED) is 0.536. The Hall–Kier alpha value is -0.195. The third kappa shape index (κ3) is 2.98. The number of thiocarbonyl (C=S) groups is 2. The molecule has 2 aliphatic heterocycles. The van der Waals surface area contributed by atoms with E-state index in [-0.39, 0.29) is 23.3 Å². The zero-order valence-electron chi connectivity index (χ0n) is 8.15. The molecule has 11 heteroatoms. The summed E-state index contributed by atoms with van der Waals surface area (Å²) in [4.78, 5) is 22.5. The van der Waals surface area contributed by atoms with E-state index in [2.05, 4.69) is 0 Å². The molecule has 0 bridgehead atoms. The van der Waals surface area contributed by atoms with Crippen LogP contribution in [0.2, 0.25) is 0 Å². The first-order chi connectivity index (χ1) is 8.09. The SMILES string of the molecule is O=C1CSC(=S)N1O[B]ON1C(=O)CSC1=S. The molecule has 6 nitrogen and oxygen atoms in total. The molecule has 2 amide bonds. The van der Waals surface area contributed by atoms with E-state index in [0.29, 0.717) is 8.64 Å². The monoisotopic (exact) mass is 307 g/mol. The van der Waals surface area contributed by atoms with E-state index in [1.807, 2.05) is 0 Å². The van der Waals surface area contributed by atoms with E-state index in [9.17, 15) is 9.59 Å². The summed E-state index contributed by atoms with van der Waals surface area (Å²) >= 11 is 12.1. The lowest BCUT2D eigenvalue weighted by molar-refractivity contribution is -0.149. The number of hydrogen-bond acceptors (Lipinski definition) is 8. The minimum Gasteiger partial charge on any atom is -0.290 e. The van der Waals surface area contributed by atoms with Gasteiger partial charge in [-0.1, -0.05) is 23.5 Å². The molecule has 0 saturated carbocycles. The lowest BCUT2D eigenvalue weighted by Crippen LogP contribution is -2.36. The normalized spacial score (nSPS) is 20.7. The highest BCUT2D eigenvalue weighted by Gasteiger charge is 2.31. The van der Waals surface area contributed by atoms with Crippen LogP contribution >= 0.6 is 48.0 Å². The summed E-state index contributed by atoms with van der Waals surface area (Å²) in [6, 6.07) is 0. The van der Waals surface area contributed by atoms with E-state index in [1.54, 1.807) is 0 Å². The summed E-state index contributed by atoms with van der Waals surface area (Å²) in [6.07, 6.45) is 0. The second-order valence-corrected chi connectivity index (χ2v) is 6.01. The van der Waals surface area contributed by atoms with Gasteiger partial charge in [-0.3, -0.25) is 19.1 Å². The number of thioether (sulfide) groups is 2. The van der Waals surface area contributed by atoms with Gasteiger partial charge in [0.15, 0.2) is 8.64 Å². The molecule has 0 spiro atoms. The number of carbonyl (C=O) groups is 2. The number of carbonyl (C=O) groups excluding carboxylic acids is 2. The smallest absolute Gasteiger partial charge is 0.290 e. The van der Waals surface area contributed by atoms with Crippen molar-refractivity contribution in [3.05, 3.63) is 0 Å². The van der Waals surface area contributed by atoms with E-state index >= 15 is 0 Å². The molecule has 0 atom stereocenters. The van der Waals surface area contributed by atoms with E-state index in [0.717, 1.165) is 17.8 Å². The van der Waals surface area contributed by atoms with Gasteiger partial charge in [-0.25, -0.2) is 0 Å². The minimum absolute atomic E-state index is 0.240. The van der Waals surface area contributed by atoms with Crippen molar-refractivity contribution in [3.8, 4) is 0 Å². The van der Waals surface area contributed by atoms with Crippen LogP contribution in [0.4, 0.5) is 0 Å². The molecule has 2 fully saturated rings. The molecule has 89 valence electrons. The van der Waals surface area contributed by atoms with Crippen LogP contribution in [0.25, 0.3) is 0 Å². The van der Waals surface area contributed by atoms with Crippen LogP contribution in [-0.4, -0.2) is 49.8 Å². The Morgan fingerprint density at radius 2 is 1.41 bits per heavy atom. The van der Waals surface area contributed by atoms with Gasteiger partial charge in [0, 0.05) is 0 Å². The Kier molecular flexibility index (Phi) is 4.39. The summed E-state index contributed by atoms with van der Waals surface area (Å²) < 4.78 is 10.4. The average molecular weight is 307 g/mol. The lowest BCUT2D eigenvalue weighted by Gasteiger charge is -2.17. The fourth-order valence-corrected chi connectivity index (χ4v) is 2.89. The van der Waals surface area contributed by atoms with Gasteiger partial charge >= 0.3 is 7.69 Å². The average Bonchev–Trinajstić information content (AvgIpc) is 2.77. The molecule has 0 aliphatic carbocycles. The number of nitrogens with zero attached hydrogens (tertiary/aromatic N) is 2. The van der Waals surface area contributed by atoms with Gasteiger partial charge in [0.1, 0.15) is 0 Å². The van der Waals surface area contributed by atoms with Crippen LogP contribution in [0.1, 0.15) is 0 Å². The third-order valence-electron chi connectivity index (χ3n) is 1.72. The topological polar surface area (TPSA) is 59.1 Å². The van der Waals surface area contributed by atoms with Crippen LogP contribution in [0.5, 0.6) is 0 Å². The van der Waals surface area contributed by atoms with E-state index in [4.69, 9.17) is 33.9 Å². The Morgan fingerprint density at radius 3 is 1.71 bits per heavy atom. The molecular weight excluding hydrogens is 303 g/mol. The summed E-state index contributed by atoms with van der Waals surface area (Å²) in [7, 11) is 0.853. The molecule has 2 aliphatic rings. The van der Waals surface area contributed by atoms with E-state index < -0.39 is 0 Å². The van der Waals surface area contributed by atoms with Gasteiger partial charge in [0.25, 0.3) is 11.8 Å². The van der Waals surface area contributed by atoms with Crippen LogP contribution in [0, 0.1) is 0 Å². The molecule has 1 radical (unpaired) electrons. The van der Waals surface area contributed by atoms with Crippen molar-refractivity contribution in [1.29, 1.82) is 0 Å². The van der Waals surface area contributed by atoms with Crippen molar-refractivity contribution < 1.29 is 19.1 Å². The van der Waals surface area contributed by atoms with Crippen molar-refractivity contribution in [2.75, 3.05) is 11.5 Å². The Bertz CT molecular complexity index is 337. The van der Waals surface area contributed by atoms with Gasteiger partial charge in [-0.05, 0) is 24.4 Å². The summed E-state index contributed by atoms with van der Waals surface area (Å²) in [5.74, 6) is -0.0678. The highest BCUT2D eigenvalue weighted by atomic mass is 32.2. The maximum atomic E-state index is 11.2. The lowest BCUT2D eigenvalue weighted by atomic mass is 10.4. The highest BCUT2D eigenvalue weighted by Crippen LogP contribution is 2.21. The molecule has 0 aromatic rings. The van der Waals surface area contributed by atoms with Crippen LogP contribution < -0.4 is 0 Å². The molecule has 17 heavy (non-hydrogen) atoms. The molecule has 2 saturated heterocycles. The minimum atomic E-state index is -0.274. The second-order valence-electron chi connectivity index (χ2n) is 2.79. The van der Waals surface area contributed by atoms with Crippen LogP contribution in [0.15, 0.2) is 0 Å². The van der Waals surface area contributed by atoms with Crippen molar-refractivity contribution >= 4 is 76.1 Å². The number of hydroxylamine groups is 4. The standard InChI is InChI=1S/C6H4BN2O4S4/c10-3-1-16-5(14)8(3)12-7-13-9-4(11)2-17-6(9)15/h1-2H2. The van der Waals surface area contributed by atoms with Gasteiger partial charge in [-0.2, -0.15) is 10.1 Å². The Balaban J connectivity index is 1.79. The largest absolute Gasteiger partial charge is 0.539 e. The van der Waals surface area contributed by atoms with Gasteiger partial charge in [0.2, 0.25) is 0 Å². The first-order valence-corrected chi connectivity index (χ1v) is 7.03. The zero-order chi connectivity index (χ0) is 12.4. The molecule has 0 aromatic carbocycles. The Morgan fingerprint density at radius 1 is 1.00 bits per heavy atom. The summed E-state index contributed by atoms with van der Waals surface area (Å²) in [5.41, 5.74) is 0. The maximum Gasteiger partial charge on any atom is 0.539 e. The van der Waals surface area contributed by atoms with Crippen molar-refractivity contribution in [2.45, 2.75) is 0 Å². The van der Waals surface area contributed by atoms with Gasteiger partial charge < -0.3 is 0 Å². The third-order valence-corrected chi connectivity index (χ3v) is 4.37. The van der Waals surface area contributed by atoms with Gasteiger partial charge in [0.05, 0.1) is 11.5 Å². The number of rotatable bonds is 4. The van der Waals surface area contributed by atoms with Gasteiger partial charge in [-0.15, -0.1) is 0 Å². The highest BCUT2D eigenvalue weighted by molar-refractivity contribution is 8.24. The van der Waals surface area contributed by atoms with Crippen molar-refractivity contribution in [3.63, 3.8) is 0 Å². The fraction of sp³-hybridized carbons (Fsp3) is 0.333. The molecular formula is C6H4BN2O4S4. The maximum absolute atomic E-state index is 11.2. The first kappa shape index (κ1) is 13.2. The predicted molar refractivity (Wildman–Crippen MR) is 71.7 cm³/mol. The molecule has 2 rings (SSSR count). The second kappa shape index (κ2) is 5.63. The van der Waals surface area contributed by atoms with Crippen LogP contribution in [-0.2, 0) is 19.1 Å². The predicted octanol–water partition coefficient (Wildman–Crippen LogP) is 0.104.